The van der Waals surface area contributed by atoms with Crippen molar-refractivity contribution < 1.29 is 115 Å². The number of amides is 3. The first-order valence-electron chi connectivity index (χ1n) is 39.8. The number of carboxylic acid groups (broad SMARTS) is 2. The van der Waals surface area contributed by atoms with Crippen LogP contribution in [-0.2, 0) is 92.0 Å². The van der Waals surface area contributed by atoms with Crippen molar-refractivity contribution in [1.82, 2.24) is 41.2 Å². The van der Waals surface area contributed by atoms with Crippen LogP contribution in [0, 0.1) is 0 Å². The molecule has 0 unspecified atom stereocenters. The molecule has 0 spiro atoms. The van der Waals surface area contributed by atoms with E-state index in [0.29, 0.717) is 288 Å². The Balaban J connectivity index is 0.510. The highest BCUT2D eigenvalue weighted by Gasteiger charge is 2.25. The first kappa shape index (κ1) is 96.5. The van der Waals surface area contributed by atoms with Crippen molar-refractivity contribution in [2.24, 2.45) is 0 Å². The van der Waals surface area contributed by atoms with Crippen LogP contribution < -0.4 is 48.6 Å². The molecule has 0 bridgehead atoms. The van der Waals surface area contributed by atoms with Crippen molar-refractivity contribution in [2.45, 2.75) is 70.4 Å². The molecule has 5 aromatic rings. The van der Waals surface area contributed by atoms with E-state index in [1.807, 2.05) is 0 Å². The summed E-state index contributed by atoms with van der Waals surface area (Å²) in [6.45, 7) is 15.1. The minimum atomic E-state index is -1.28. The lowest BCUT2D eigenvalue weighted by atomic mass is 9.90. The molecule has 3 aromatic carbocycles. The number of unbranched alkanes of at least 4 members (excludes halogenated alkanes) is 1. The average Bonchev–Trinajstić information content (AvgIpc) is 0.748. The number of hydrogen-bond acceptors (Lipinski definition) is 30. The minimum absolute atomic E-state index is 0.00625. The van der Waals surface area contributed by atoms with E-state index in [4.69, 9.17) is 93.4 Å². The Hall–Kier alpha value is -9.59. The molecule has 37 nitrogen and oxygen atoms in total. The van der Waals surface area contributed by atoms with Crippen molar-refractivity contribution in [3.63, 3.8) is 0 Å². The number of aromatic nitrogens is 4. The van der Waals surface area contributed by atoms with Gasteiger partial charge in [0.1, 0.15) is 23.1 Å². The number of carboxylic acids is 2. The molecule has 3 heterocycles. The number of aromatic hydroxyl groups is 1. The van der Waals surface area contributed by atoms with Crippen molar-refractivity contribution in [2.75, 3.05) is 234 Å². The van der Waals surface area contributed by atoms with Gasteiger partial charge in [0.2, 0.25) is 17.8 Å². The maximum absolute atomic E-state index is 12.9. The molecule has 0 saturated heterocycles. The van der Waals surface area contributed by atoms with Gasteiger partial charge in [0.05, 0.1) is 176 Å². The van der Waals surface area contributed by atoms with E-state index >= 15 is 0 Å². The number of aliphatic carboxylic acids is 1. The number of anilines is 3. The predicted molar refractivity (Wildman–Crippen MR) is 442 cm³/mol. The molecule has 2 aromatic heterocycles. The van der Waals surface area contributed by atoms with Gasteiger partial charge in [-0.1, -0.05) is 6.07 Å². The van der Waals surface area contributed by atoms with Crippen LogP contribution in [0.1, 0.15) is 84.2 Å². The fourth-order valence-corrected chi connectivity index (χ4v) is 11.4. The standard InChI is InChI=1S/C81H113N11O26S/c82-80-91-75-74(77(98)92-80)88-61(57-87-75)56-86-59-10-8-58(9-11-59)76(97)90-68(79(101)102)18-19-72(96)84-21-4-25-104-27-6-29-105-28-5-26-103-23-2-1-20-83-71(95)7-3-24-106-31-33-108-35-37-110-39-41-112-43-45-114-47-49-116-51-52-117-50-48-115-46-44-113-42-40-111-38-36-109-34-32-107-30-22-85-81(119)89-60-12-15-64(67(53-60)78(99)100)73-65-16-13-62(93)54-69(65)118-70-55-63(94)14-17-66(70)73/h8-17,53-55,57,68,86,93H,1-7,18-52,56H2,(H,83,95)(H,84,96)(H,90,97)(H,99,100)(H,101,102)(H2,85,89,119)(H3,82,87,91,92,98)/t68-/m0/s1. The zero-order chi connectivity index (χ0) is 84.5. The Kier molecular flexibility index (Phi) is 48.0. The van der Waals surface area contributed by atoms with Crippen molar-refractivity contribution >= 4 is 86.4 Å². The molecular weight excluding hydrogens is 1580 g/mol. The Labute approximate surface area is 694 Å². The number of aromatic carboxylic acids is 1. The highest BCUT2D eigenvalue weighted by molar-refractivity contribution is 7.80. The molecule has 12 N–H and O–H groups in total. The summed E-state index contributed by atoms with van der Waals surface area (Å²) >= 11 is 5.44. The summed E-state index contributed by atoms with van der Waals surface area (Å²) in [6, 6.07) is 18.7. The van der Waals surface area contributed by atoms with Crippen molar-refractivity contribution in [3.05, 3.63) is 122 Å². The van der Waals surface area contributed by atoms with Crippen molar-refractivity contribution in [3.8, 4) is 28.2 Å². The van der Waals surface area contributed by atoms with Gasteiger partial charge in [0, 0.05) is 124 Å². The van der Waals surface area contributed by atoms with Gasteiger partial charge in [-0.05, 0) is 123 Å². The Morgan fingerprint density at radius 1 is 0.496 bits per heavy atom. The average molecular weight is 1690 g/mol. The van der Waals surface area contributed by atoms with Gasteiger partial charge in [-0.25, -0.2) is 19.6 Å². The molecule has 2 aliphatic rings. The van der Waals surface area contributed by atoms with Crippen LogP contribution in [0.4, 0.5) is 17.3 Å². The zero-order valence-electron chi connectivity index (χ0n) is 67.1. The number of benzene rings is 4. The van der Waals surface area contributed by atoms with E-state index in [2.05, 4.69) is 51.8 Å². The number of H-pyrrole nitrogens is 1. The van der Waals surface area contributed by atoms with E-state index in [1.54, 1.807) is 36.4 Å². The lowest BCUT2D eigenvalue weighted by molar-refractivity contribution is -0.139. The topological polar surface area (TPSA) is 484 Å². The van der Waals surface area contributed by atoms with Crippen LogP contribution in [-0.4, -0.2) is 294 Å². The van der Waals surface area contributed by atoms with E-state index < -0.39 is 29.4 Å². The number of phenols is 1. The quantitative estimate of drug-likeness (QED) is 0.0130. The second kappa shape index (κ2) is 59.2. The van der Waals surface area contributed by atoms with Gasteiger partial charge in [-0.2, -0.15) is 4.98 Å². The lowest BCUT2D eigenvalue weighted by Gasteiger charge is -2.18. The molecule has 0 radical (unpaired) electrons. The molecular formula is C81H113N11O26S. The molecule has 3 amide bonds. The predicted octanol–water partition coefficient (Wildman–Crippen LogP) is 5.35. The van der Waals surface area contributed by atoms with E-state index in [9.17, 15) is 48.9 Å². The van der Waals surface area contributed by atoms with Crippen LogP contribution in [0.5, 0.6) is 5.75 Å². The highest BCUT2D eigenvalue weighted by Crippen LogP contribution is 2.42. The summed E-state index contributed by atoms with van der Waals surface area (Å²) in [4.78, 5) is 101. The summed E-state index contributed by atoms with van der Waals surface area (Å²) in [7, 11) is 0. The van der Waals surface area contributed by atoms with Gasteiger partial charge < -0.3 is 128 Å². The number of nitrogen functional groups attached to an aromatic ring is 1. The third-order valence-corrected chi connectivity index (χ3v) is 17.4. The van der Waals surface area contributed by atoms with E-state index in [0.717, 1.165) is 19.3 Å². The third kappa shape index (κ3) is 40.4. The number of fused-ring (bicyclic) bond motifs is 3. The van der Waals surface area contributed by atoms with Crippen LogP contribution >= 0.6 is 12.2 Å². The Morgan fingerprint density at radius 2 is 0.983 bits per heavy atom. The molecule has 0 fully saturated rings. The molecule has 38 heteroatoms. The number of rotatable bonds is 69. The molecule has 1 aliphatic carbocycles. The Bertz CT molecular complexity index is 4200. The summed E-state index contributed by atoms with van der Waals surface area (Å²) in [6.07, 6.45) is 5.97. The summed E-state index contributed by atoms with van der Waals surface area (Å²) < 4.78 is 89.6. The van der Waals surface area contributed by atoms with Gasteiger partial charge in [0.15, 0.2) is 21.7 Å². The first-order valence-corrected chi connectivity index (χ1v) is 40.2. The summed E-state index contributed by atoms with van der Waals surface area (Å²) in [5.41, 5.74) is 8.49. The van der Waals surface area contributed by atoms with Crippen LogP contribution in [0.2, 0.25) is 0 Å². The summed E-state index contributed by atoms with van der Waals surface area (Å²) in [5.74, 6) is -3.22. The first-order chi connectivity index (χ1) is 58.1. The molecule has 654 valence electrons. The largest absolute Gasteiger partial charge is 0.508 e. The fraction of sp³-hybridized carbons (Fsp3) is 0.543. The second-order valence-electron chi connectivity index (χ2n) is 26.3. The lowest BCUT2D eigenvalue weighted by Crippen LogP contribution is -2.41. The smallest absolute Gasteiger partial charge is 0.336 e. The Morgan fingerprint density at radius 3 is 1.54 bits per heavy atom. The molecule has 1 atom stereocenters. The maximum Gasteiger partial charge on any atom is 0.336 e. The van der Waals surface area contributed by atoms with Gasteiger partial charge in [-0.15, -0.1) is 0 Å². The van der Waals surface area contributed by atoms with E-state index in [1.165, 1.54) is 48.7 Å². The van der Waals surface area contributed by atoms with Crippen molar-refractivity contribution in [1.29, 1.82) is 0 Å². The zero-order valence-corrected chi connectivity index (χ0v) is 67.9. The number of carbonyl (C=O) groups excluding carboxylic acids is 3. The third-order valence-electron chi connectivity index (χ3n) is 17.1. The van der Waals surface area contributed by atoms with Gasteiger partial charge in [0.25, 0.3) is 11.5 Å². The van der Waals surface area contributed by atoms with Gasteiger partial charge in [-0.3, -0.25) is 29.0 Å². The second-order valence-corrected chi connectivity index (χ2v) is 26.7. The van der Waals surface area contributed by atoms with Crippen LogP contribution in [0.25, 0.3) is 44.6 Å². The number of aromatic amines is 1. The fourth-order valence-electron chi connectivity index (χ4n) is 11.2. The highest BCUT2D eigenvalue weighted by atomic mass is 32.1. The normalized spacial score (nSPS) is 11.7. The molecule has 0 saturated carbocycles. The number of nitrogens with one attached hydrogen (secondary N) is 7. The minimum Gasteiger partial charge on any atom is -0.508 e. The van der Waals surface area contributed by atoms with Crippen LogP contribution in [0.15, 0.2) is 99.1 Å². The SMILES string of the molecule is Nc1nc2ncc(CNc3ccc(C(=O)N[C@@H](CCC(=O)NCCCOCCCOCCCOCCCCNC(=O)CCCOCCOCCOCCOCCOCCOCCOCCOCCOCCOCCOCCOCCNC(=S)Nc4ccc(-c5c6ccc(=O)cc-6oc6cc(O)ccc56)c(C(=O)O)c4)C(=O)O)cc3)nc2c(=O)[nH]1. The monoisotopic (exact) mass is 1690 g/mol. The number of ether oxygens (including phenoxy) is 15. The molecule has 119 heavy (non-hydrogen) atoms. The maximum atomic E-state index is 12.9. The van der Waals surface area contributed by atoms with Crippen LogP contribution in [0.3, 0.4) is 0 Å². The van der Waals surface area contributed by atoms with Gasteiger partial charge >= 0.3 is 11.9 Å². The number of nitrogens with two attached hydrogens (primary N) is 1. The number of nitrogens with zero attached hydrogens (tertiary/aromatic N) is 3. The molecule has 1 aliphatic heterocycles. The number of thiocarbonyl (C=S) groups is 1. The number of carbonyl (C=O) groups is 5. The van der Waals surface area contributed by atoms with E-state index in [-0.39, 0.29) is 81.5 Å². The number of phenolic OH excluding ortho intramolecular Hbond substituents is 1. The summed E-state index contributed by atoms with van der Waals surface area (Å²) in [5, 5.41) is 48.3. The molecule has 7 rings (SSSR count). The number of hydrogen-bond donors (Lipinski definition) is 11.